The van der Waals surface area contributed by atoms with Crippen LogP contribution in [0, 0.1) is 23.2 Å². The predicted molar refractivity (Wildman–Crippen MR) is 93.4 cm³/mol. The Morgan fingerprint density at radius 1 is 1.21 bits per heavy atom. The zero-order chi connectivity index (χ0) is 17.5. The van der Waals surface area contributed by atoms with Gasteiger partial charge >= 0.3 is 0 Å². The second-order valence-corrected chi connectivity index (χ2v) is 7.35. The Morgan fingerprint density at radius 3 is 2.38 bits per heavy atom. The average molecular weight is 336 g/mol. The highest BCUT2D eigenvalue weighted by Gasteiger charge is 2.28. The number of nitrogens with zero attached hydrogens (tertiary/aromatic N) is 3. The van der Waals surface area contributed by atoms with Crippen molar-refractivity contribution in [3.05, 3.63) is 0 Å². The molecule has 136 valence electrons. The molecule has 1 amide bonds. The number of rotatable bonds is 6. The van der Waals surface area contributed by atoms with Crippen molar-refractivity contribution in [3.8, 4) is 6.07 Å². The molecule has 0 spiro atoms. The molecule has 1 N–H and O–H groups in total. The van der Waals surface area contributed by atoms with Gasteiger partial charge < -0.3 is 15.0 Å². The number of ether oxygens (including phenoxy) is 1. The third-order valence-corrected chi connectivity index (χ3v) is 5.37. The summed E-state index contributed by atoms with van der Waals surface area (Å²) >= 11 is 0. The molecule has 2 atom stereocenters. The molecule has 0 aromatic heterocycles. The van der Waals surface area contributed by atoms with Gasteiger partial charge in [-0.3, -0.25) is 9.69 Å². The highest BCUT2D eigenvalue weighted by Crippen LogP contribution is 2.18. The van der Waals surface area contributed by atoms with Crippen molar-refractivity contribution in [2.24, 2.45) is 11.8 Å². The number of carbonyl (C=O) groups excluding carboxylic acids is 1. The molecule has 2 aliphatic rings. The van der Waals surface area contributed by atoms with Gasteiger partial charge in [-0.15, -0.1) is 0 Å². The molecule has 0 saturated carbocycles. The van der Waals surface area contributed by atoms with Crippen molar-refractivity contribution in [2.75, 3.05) is 45.9 Å². The summed E-state index contributed by atoms with van der Waals surface area (Å²) in [6.45, 7) is 11.4. The summed E-state index contributed by atoms with van der Waals surface area (Å²) in [5, 5.41) is 12.7. The van der Waals surface area contributed by atoms with Gasteiger partial charge in [-0.2, -0.15) is 5.26 Å². The van der Waals surface area contributed by atoms with Gasteiger partial charge in [-0.25, -0.2) is 0 Å². The quantitative estimate of drug-likeness (QED) is 0.786. The molecule has 2 aliphatic heterocycles. The maximum atomic E-state index is 12.4. The van der Waals surface area contributed by atoms with Crippen LogP contribution in [0.3, 0.4) is 0 Å². The molecule has 6 heteroatoms. The lowest BCUT2D eigenvalue weighted by molar-refractivity contribution is -0.132. The number of nitrogens with one attached hydrogen (secondary N) is 1. The third-order valence-electron chi connectivity index (χ3n) is 5.37. The first-order valence-corrected chi connectivity index (χ1v) is 9.25. The van der Waals surface area contributed by atoms with Crippen LogP contribution in [0.5, 0.6) is 0 Å². The molecule has 0 aromatic rings. The normalized spacial score (nSPS) is 23.0. The Kier molecular flexibility index (Phi) is 7.47. The van der Waals surface area contributed by atoms with Gasteiger partial charge in [0.25, 0.3) is 0 Å². The Hall–Kier alpha value is -1.16. The van der Waals surface area contributed by atoms with Crippen LogP contribution < -0.4 is 5.32 Å². The molecule has 2 heterocycles. The molecule has 6 nitrogen and oxygen atoms in total. The summed E-state index contributed by atoms with van der Waals surface area (Å²) in [7, 11) is 0. The van der Waals surface area contributed by atoms with Crippen LogP contribution in [0.15, 0.2) is 0 Å². The Bertz CT molecular complexity index is 435. The molecule has 2 rings (SSSR count). The van der Waals surface area contributed by atoms with E-state index in [1.54, 1.807) is 0 Å². The van der Waals surface area contributed by atoms with E-state index in [2.05, 4.69) is 37.1 Å². The van der Waals surface area contributed by atoms with Crippen LogP contribution in [0.4, 0.5) is 0 Å². The number of carbonyl (C=O) groups is 1. The minimum Gasteiger partial charge on any atom is -0.381 e. The second-order valence-electron chi connectivity index (χ2n) is 7.35. The van der Waals surface area contributed by atoms with E-state index in [9.17, 15) is 10.1 Å². The first kappa shape index (κ1) is 19.2. The molecule has 24 heavy (non-hydrogen) atoms. The van der Waals surface area contributed by atoms with Crippen molar-refractivity contribution in [1.82, 2.24) is 15.1 Å². The molecule has 0 aromatic carbocycles. The van der Waals surface area contributed by atoms with Crippen molar-refractivity contribution in [1.29, 1.82) is 5.26 Å². The van der Waals surface area contributed by atoms with Crippen molar-refractivity contribution in [2.45, 2.75) is 45.7 Å². The van der Waals surface area contributed by atoms with E-state index in [1.165, 1.54) is 0 Å². The molecule has 0 aliphatic carbocycles. The van der Waals surface area contributed by atoms with Gasteiger partial charge in [-0.1, -0.05) is 13.8 Å². The molecule has 0 radical (unpaired) electrons. The predicted octanol–water partition coefficient (Wildman–Crippen LogP) is 1.08. The van der Waals surface area contributed by atoms with Crippen LogP contribution in [0.1, 0.15) is 33.6 Å². The summed E-state index contributed by atoms with van der Waals surface area (Å²) < 4.78 is 5.40. The van der Waals surface area contributed by atoms with Gasteiger partial charge in [0.2, 0.25) is 5.91 Å². The van der Waals surface area contributed by atoms with Crippen LogP contribution in [-0.2, 0) is 9.53 Å². The first-order chi connectivity index (χ1) is 11.5. The number of piperazine rings is 1. The smallest absolute Gasteiger partial charge is 0.236 e. The highest BCUT2D eigenvalue weighted by atomic mass is 16.5. The van der Waals surface area contributed by atoms with E-state index in [0.717, 1.165) is 52.2 Å². The fourth-order valence-corrected chi connectivity index (χ4v) is 3.64. The summed E-state index contributed by atoms with van der Waals surface area (Å²) in [5.74, 6) is 1.09. The zero-order valence-corrected chi connectivity index (χ0v) is 15.3. The van der Waals surface area contributed by atoms with Crippen LogP contribution in [0.2, 0.25) is 0 Å². The van der Waals surface area contributed by atoms with Gasteiger partial charge in [0.15, 0.2) is 0 Å². The summed E-state index contributed by atoms with van der Waals surface area (Å²) in [6, 6.07) is 2.69. The fourth-order valence-electron chi connectivity index (χ4n) is 3.64. The minimum atomic E-state index is -0.0473. The monoisotopic (exact) mass is 336 g/mol. The molecule has 0 bridgehead atoms. The topological polar surface area (TPSA) is 68.6 Å². The van der Waals surface area contributed by atoms with E-state index in [1.807, 2.05) is 4.90 Å². The fraction of sp³-hybridized carbons (Fsp3) is 0.889. The second kappa shape index (κ2) is 9.36. The lowest BCUT2D eigenvalue weighted by atomic mass is 9.93. The van der Waals surface area contributed by atoms with E-state index < -0.39 is 0 Å². The molecular weight excluding hydrogens is 304 g/mol. The van der Waals surface area contributed by atoms with E-state index in [4.69, 9.17) is 4.74 Å². The van der Waals surface area contributed by atoms with Gasteiger partial charge in [0.05, 0.1) is 12.6 Å². The van der Waals surface area contributed by atoms with Gasteiger partial charge in [0, 0.05) is 45.4 Å². The number of nitriles is 1. The Labute approximate surface area is 146 Å². The maximum Gasteiger partial charge on any atom is 0.236 e. The molecular formula is C18H32N4O2. The molecule has 0 unspecified atom stereocenters. The largest absolute Gasteiger partial charge is 0.381 e. The zero-order valence-electron chi connectivity index (χ0n) is 15.3. The average Bonchev–Trinajstić information content (AvgIpc) is 2.61. The highest BCUT2D eigenvalue weighted by molar-refractivity contribution is 5.78. The van der Waals surface area contributed by atoms with Crippen molar-refractivity contribution < 1.29 is 9.53 Å². The van der Waals surface area contributed by atoms with E-state index in [-0.39, 0.29) is 11.9 Å². The maximum absolute atomic E-state index is 12.4. The lowest BCUT2D eigenvalue weighted by Crippen LogP contribution is -2.54. The van der Waals surface area contributed by atoms with Gasteiger partial charge in [-0.05, 0) is 31.6 Å². The standard InChI is InChI=1S/C18H32N4O2/c1-14(2)17(12-19)21-6-8-22(9-7-21)18(23)13-20-15(3)16-4-10-24-11-5-16/h14-17,20H,4-11,13H2,1-3H3/t15-,17-/m1/s1. The molecule has 2 saturated heterocycles. The first-order valence-electron chi connectivity index (χ1n) is 9.25. The molecule has 2 fully saturated rings. The third kappa shape index (κ3) is 5.17. The SMILES string of the molecule is CC(C)[C@@H](C#N)N1CCN(C(=O)CN[C@H](C)C2CCOCC2)CC1. The number of hydrogen-bond acceptors (Lipinski definition) is 5. The number of hydrogen-bond donors (Lipinski definition) is 1. The van der Waals surface area contributed by atoms with Gasteiger partial charge in [0.1, 0.15) is 6.04 Å². The number of amides is 1. The van der Waals surface area contributed by atoms with E-state index >= 15 is 0 Å². The van der Waals surface area contributed by atoms with E-state index in [0.29, 0.717) is 24.4 Å². The summed E-state index contributed by atoms with van der Waals surface area (Å²) in [6.07, 6.45) is 2.15. The minimum absolute atomic E-state index is 0.0473. The summed E-state index contributed by atoms with van der Waals surface area (Å²) in [4.78, 5) is 16.5. The van der Waals surface area contributed by atoms with Crippen LogP contribution in [-0.4, -0.2) is 73.7 Å². The van der Waals surface area contributed by atoms with Crippen molar-refractivity contribution >= 4 is 5.91 Å². The Morgan fingerprint density at radius 2 is 1.83 bits per heavy atom. The van der Waals surface area contributed by atoms with Crippen LogP contribution in [0.25, 0.3) is 0 Å². The lowest BCUT2D eigenvalue weighted by Gasteiger charge is -2.38. The Balaban J connectivity index is 1.71. The van der Waals surface area contributed by atoms with Crippen LogP contribution >= 0.6 is 0 Å². The summed E-state index contributed by atoms with van der Waals surface area (Å²) in [5.41, 5.74) is 0. The van der Waals surface area contributed by atoms with Crippen molar-refractivity contribution in [3.63, 3.8) is 0 Å².